The molecule has 7 heteroatoms. The Bertz CT molecular complexity index is 932. The Labute approximate surface area is 160 Å². The van der Waals surface area contributed by atoms with Crippen LogP contribution in [0.4, 0.5) is 15.8 Å². The predicted molar refractivity (Wildman–Crippen MR) is 102 cm³/mol. The Balaban J connectivity index is 1.62. The van der Waals surface area contributed by atoms with Gasteiger partial charge in [0.2, 0.25) is 0 Å². The first-order chi connectivity index (χ1) is 12.5. The fourth-order valence-corrected chi connectivity index (χ4v) is 2.63. The number of halogens is 3. The summed E-state index contributed by atoms with van der Waals surface area (Å²) in [4.78, 5) is 16.3. The van der Waals surface area contributed by atoms with E-state index in [9.17, 15) is 9.18 Å². The van der Waals surface area contributed by atoms with Gasteiger partial charge in [-0.1, -0.05) is 41.4 Å². The van der Waals surface area contributed by atoms with Crippen LogP contribution in [0.1, 0.15) is 16.1 Å². The maximum atomic E-state index is 13.2. The van der Waals surface area contributed by atoms with Crippen LogP contribution in [0, 0.1) is 5.82 Å². The van der Waals surface area contributed by atoms with Crippen molar-refractivity contribution in [3.63, 3.8) is 0 Å². The molecule has 3 rings (SSSR count). The number of nitrogens with one attached hydrogen (secondary N) is 2. The summed E-state index contributed by atoms with van der Waals surface area (Å²) in [5, 5.41) is 6.44. The molecule has 0 bridgehead atoms. The molecule has 0 saturated carbocycles. The van der Waals surface area contributed by atoms with E-state index in [-0.39, 0.29) is 16.6 Å². The van der Waals surface area contributed by atoms with Crippen LogP contribution < -0.4 is 10.6 Å². The first-order valence-electron chi connectivity index (χ1n) is 7.72. The second-order valence-electron chi connectivity index (χ2n) is 5.46. The fourth-order valence-electron chi connectivity index (χ4n) is 2.25. The zero-order chi connectivity index (χ0) is 18.5. The quantitative estimate of drug-likeness (QED) is 0.630. The Morgan fingerprint density at radius 3 is 2.46 bits per heavy atom. The molecule has 0 aliphatic heterocycles. The van der Waals surface area contributed by atoms with Gasteiger partial charge in [0.25, 0.3) is 5.91 Å². The first-order valence-corrected chi connectivity index (χ1v) is 8.48. The number of carbonyl (C=O) groups is 1. The molecule has 0 atom stereocenters. The van der Waals surface area contributed by atoms with Gasteiger partial charge in [-0.05, 0) is 42.0 Å². The third kappa shape index (κ3) is 4.50. The van der Waals surface area contributed by atoms with Crippen LogP contribution in [0.15, 0.2) is 60.8 Å². The lowest BCUT2D eigenvalue weighted by Gasteiger charge is -2.09. The van der Waals surface area contributed by atoms with E-state index in [1.54, 1.807) is 24.3 Å². The van der Waals surface area contributed by atoms with Gasteiger partial charge in [-0.3, -0.25) is 4.79 Å². The molecule has 26 heavy (non-hydrogen) atoms. The van der Waals surface area contributed by atoms with Gasteiger partial charge >= 0.3 is 0 Å². The molecule has 0 saturated heterocycles. The summed E-state index contributed by atoms with van der Waals surface area (Å²) in [7, 11) is 0. The smallest absolute Gasteiger partial charge is 0.270 e. The number of carbonyl (C=O) groups excluding carboxylic acids is 1. The molecule has 3 aromatic rings. The highest BCUT2D eigenvalue weighted by Crippen LogP contribution is 2.22. The van der Waals surface area contributed by atoms with Crippen molar-refractivity contribution in [2.75, 3.05) is 5.32 Å². The molecule has 132 valence electrons. The van der Waals surface area contributed by atoms with Gasteiger partial charge in [0.15, 0.2) is 0 Å². The van der Waals surface area contributed by atoms with Gasteiger partial charge < -0.3 is 10.6 Å². The number of hydrogen-bond acceptors (Lipinski definition) is 3. The molecule has 4 nitrogen and oxygen atoms in total. The molecule has 0 unspecified atom stereocenters. The molecule has 0 radical (unpaired) electrons. The van der Waals surface area contributed by atoms with Crippen molar-refractivity contribution < 1.29 is 9.18 Å². The lowest BCUT2D eigenvalue weighted by atomic mass is 10.2. The average Bonchev–Trinajstić information content (AvgIpc) is 2.64. The largest absolute Gasteiger partial charge is 0.354 e. The number of amides is 1. The third-order valence-electron chi connectivity index (χ3n) is 3.60. The van der Waals surface area contributed by atoms with Gasteiger partial charge in [0.05, 0.1) is 16.9 Å². The van der Waals surface area contributed by atoms with Gasteiger partial charge in [0.1, 0.15) is 11.5 Å². The molecule has 1 heterocycles. The topological polar surface area (TPSA) is 54.0 Å². The van der Waals surface area contributed by atoms with Crippen LogP contribution in [-0.4, -0.2) is 10.9 Å². The minimum Gasteiger partial charge on any atom is -0.354 e. The predicted octanol–water partition coefficient (Wildman–Crippen LogP) is 5.20. The lowest BCUT2D eigenvalue weighted by molar-refractivity contribution is 0.0946. The summed E-state index contributed by atoms with van der Waals surface area (Å²) in [6, 6.07) is 14.9. The van der Waals surface area contributed by atoms with E-state index in [4.69, 9.17) is 23.2 Å². The summed E-state index contributed by atoms with van der Waals surface area (Å²) in [5.41, 5.74) is 2.37. The monoisotopic (exact) mass is 389 g/mol. The van der Waals surface area contributed by atoms with E-state index < -0.39 is 5.82 Å². The van der Waals surface area contributed by atoms with Crippen LogP contribution in [0.25, 0.3) is 0 Å². The van der Waals surface area contributed by atoms with Crippen LogP contribution >= 0.6 is 23.2 Å². The number of pyridine rings is 1. The van der Waals surface area contributed by atoms with E-state index in [0.717, 1.165) is 5.56 Å². The van der Waals surface area contributed by atoms with Crippen molar-refractivity contribution in [1.29, 1.82) is 0 Å². The van der Waals surface area contributed by atoms with Gasteiger partial charge in [-0.25, -0.2) is 9.37 Å². The standard InChI is InChI=1S/C19H14Cl2FN3O/c20-15-4-2-1-3-12(15)10-24-19(26)18-8-6-14(11-23-18)25-13-5-7-17(22)16(21)9-13/h1-9,11,25H,10H2,(H,24,26). The van der Waals surface area contributed by atoms with Crippen molar-refractivity contribution in [2.24, 2.45) is 0 Å². The fraction of sp³-hybridized carbons (Fsp3) is 0.0526. The third-order valence-corrected chi connectivity index (χ3v) is 4.26. The summed E-state index contributed by atoms with van der Waals surface area (Å²) < 4.78 is 13.2. The zero-order valence-corrected chi connectivity index (χ0v) is 15.0. The lowest BCUT2D eigenvalue weighted by Crippen LogP contribution is -2.23. The van der Waals surface area contributed by atoms with Crippen molar-refractivity contribution in [2.45, 2.75) is 6.54 Å². The molecule has 0 aliphatic carbocycles. The minimum atomic E-state index is -0.485. The second kappa shape index (κ2) is 8.17. The number of rotatable bonds is 5. The molecule has 0 fully saturated rings. The maximum absolute atomic E-state index is 13.2. The van der Waals surface area contributed by atoms with E-state index in [1.807, 2.05) is 18.2 Å². The highest BCUT2D eigenvalue weighted by molar-refractivity contribution is 6.31. The zero-order valence-electron chi connectivity index (χ0n) is 13.5. The minimum absolute atomic E-state index is 0.0264. The van der Waals surface area contributed by atoms with Crippen molar-refractivity contribution in [3.05, 3.63) is 87.9 Å². The molecule has 0 spiro atoms. The number of nitrogens with zero attached hydrogens (tertiary/aromatic N) is 1. The number of anilines is 2. The first kappa shape index (κ1) is 18.2. The summed E-state index contributed by atoms with van der Waals surface area (Å²) in [5.74, 6) is -0.790. The van der Waals surface area contributed by atoms with E-state index in [1.165, 1.54) is 18.3 Å². The summed E-state index contributed by atoms with van der Waals surface area (Å²) >= 11 is 11.8. The molecular weight excluding hydrogens is 376 g/mol. The molecule has 2 N–H and O–H groups in total. The van der Waals surface area contributed by atoms with Crippen LogP contribution in [0.3, 0.4) is 0 Å². The SMILES string of the molecule is O=C(NCc1ccccc1Cl)c1ccc(Nc2ccc(F)c(Cl)c2)cn1. The van der Waals surface area contributed by atoms with Crippen LogP contribution in [-0.2, 0) is 6.54 Å². The normalized spacial score (nSPS) is 10.4. The Morgan fingerprint density at radius 1 is 1.00 bits per heavy atom. The number of aromatic nitrogens is 1. The average molecular weight is 390 g/mol. The van der Waals surface area contributed by atoms with Crippen LogP contribution in [0.2, 0.25) is 10.0 Å². The highest BCUT2D eigenvalue weighted by atomic mass is 35.5. The maximum Gasteiger partial charge on any atom is 0.270 e. The van der Waals surface area contributed by atoms with Crippen molar-refractivity contribution in [3.8, 4) is 0 Å². The van der Waals surface area contributed by atoms with Crippen LogP contribution in [0.5, 0.6) is 0 Å². The number of benzene rings is 2. The summed E-state index contributed by atoms with van der Waals surface area (Å²) in [6.45, 7) is 0.314. The molecule has 1 amide bonds. The summed E-state index contributed by atoms with van der Waals surface area (Å²) in [6.07, 6.45) is 1.52. The highest BCUT2D eigenvalue weighted by Gasteiger charge is 2.08. The van der Waals surface area contributed by atoms with Crippen molar-refractivity contribution in [1.82, 2.24) is 10.3 Å². The van der Waals surface area contributed by atoms with E-state index in [0.29, 0.717) is 22.9 Å². The molecule has 0 aliphatic rings. The Kier molecular flexibility index (Phi) is 5.71. The van der Waals surface area contributed by atoms with Gasteiger partial charge in [0, 0.05) is 17.3 Å². The molecule has 1 aromatic heterocycles. The Hall–Kier alpha value is -2.63. The number of hydrogen-bond donors (Lipinski definition) is 2. The second-order valence-corrected chi connectivity index (χ2v) is 6.27. The van der Waals surface area contributed by atoms with Gasteiger partial charge in [-0.2, -0.15) is 0 Å². The van der Waals surface area contributed by atoms with Gasteiger partial charge in [-0.15, -0.1) is 0 Å². The van der Waals surface area contributed by atoms with Crippen molar-refractivity contribution >= 4 is 40.5 Å². The molecular formula is C19H14Cl2FN3O. The Morgan fingerprint density at radius 2 is 1.77 bits per heavy atom. The molecule has 2 aromatic carbocycles. The van der Waals surface area contributed by atoms with E-state index >= 15 is 0 Å². The van der Waals surface area contributed by atoms with E-state index in [2.05, 4.69) is 15.6 Å².